The summed E-state index contributed by atoms with van der Waals surface area (Å²) < 4.78 is 26.9. The lowest BCUT2D eigenvalue weighted by atomic mass is 9.91. The normalized spacial score (nSPS) is 25.1. The van der Waals surface area contributed by atoms with E-state index >= 15 is 0 Å². The van der Waals surface area contributed by atoms with Crippen molar-refractivity contribution in [1.29, 1.82) is 0 Å². The minimum Gasteiger partial charge on any atom is -0.314 e. The Balaban J connectivity index is 1.84. The average Bonchev–Trinajstić information content (AvgIpc) is 3.00. The Morgan fingerprint density at radius 2 is 1.75 bits per heavy atom. The highest BCUT2D eigenvalue weighted by Crippen LogP contribution is 2.30. The summed E-state index contributed by atoms with van der Waals surface area (Å²) in [6.07, 6.45) is 7.07. The number of nitrogens with one attached hydrogen (secondary N) is 1. The number of nitrogens with zero attached hydrogens (tertiary/aromatic N) is 1. The third-order valence-corrected chi connectivity index (χ3v) is 7.40. The van der Waals surface area contributed by atoms with Gasteiger partial charge >= 0.3 is 0 Å². The summed E-state index contributed by atoms with van der Waals surface area (Å²) in [5.74, 6) is 0.622. The van der Waals surface area contributed by atoms with E-state index in [0.717, 1.165) is 64.6 Å². The van der Waals surface area contributed by atoms with Gasteiger partial charge in [0.2, 0.25) is 10.0 Å². The number of hydrogen-bond donors (Lipinski definition) is 1. The van der Waals surface area contributed by atoms with E-state index in [2.05, 4.69) is 19.2 Å². The van der Waals surface area contributed by atoms with Crippen LogP contribution in [0.5, 0.6) is 0 Å². The molecular formula is C15H30N2O2S. The Labute approximate surface area is 124 Å². The molecule has 0 radical (unpaired) electrons. The van der Waals surface area contributed by atoms with Gasteiger partial charge in [-0.15, -0.1) is 0 Å². The van der Waals surface area contributed by atoms with Crippen molar-refractivity contribution in [3.63, 3.8) is 0 Å². The lowest BCUT2D eigenvalue weighted by Gasteiger charge is -2.35. The second-order valence-electron chi connectivity index (χ2n) is 6.43. The molecule has 0 amide bonds. The number of sulfonamides is 1. The first kappa shape index (κ1) is 16.2. The minimum atomic E-state index is -3.01. The van der Waals surface area contributed by atoms with E-state index in [1.165, 1.54) is 0 Å². The molecule has 4 nitrogen and oxygen atoms in total. The Morgan fingerprint density at radius 3 is 2.30 bits per heavy atom. The topological polar surface area (TPSA) is 49.4 Å². The molecule has 5 heteroatoms. The molecule has 0 aromatic heterocycles. The van der Waals surface area contributed by atoms with Crippen molar-refractivity contribution in [1.82, 2.24) is 9.62 Å². The number of rotatable bonds is 6. The Hall–Kier alpha value is -0.130. The average molecular weight is 302 g/mol. The molecule has 0 aromatic rings. The van der Waals surface area contributed by atoms with Crippen molar-refractivity contribution in [2.75, 3.05) is 19.6 Å². The highest BCUT2D eigenvalue weighted by molar-refractivity contribution is 7.89. The van der Waals surface area contributed by atoms with Crippen molar-refractivity contribution in [2.24, 2.45) is 5.92 Å². The zero-order valence-corrected chi connectivity index (χ0v) is 13.8. The first-order chi connectivity index (χ1) is 9.55. The van der Waals surface area contributed by atoms with E-state index in [1.54, 1.807) is 4.31 Å². The van der Waals surface area contributed by atoms with Gasteiger partial charge in [-0.2, -0.15) is 0 Å². The zero-order chi connectivity index (χ0) is 14.6. The van der Waals surface area contributed by atoms with Crippen LogP contribution < -0.4 is 5.32 Å². The van der Waals surface area contributed by atoms with Crippen LogP contribution in [0.1, 0.15) is 58.8 Å². The Kier molecular flexibility index (Phi) is 5.87. The first-order valence-corrected chi connectivity index (χ1v) is 9.78. The Bertz CT molecular complexity index is 383. The van der Waals surface area contributed by atoms with E-state index in [-0.39, 0.29) is 5.25 Å². The molecule has 1 aliphatic carbocycles. The number of piperidine rings is 1. The maximum Gasteiger partial charge on any atom is 0.216 e. The highest BCUT2D eigenvalue weighted by atomic mass is 32.2. The van der Waals surface area contributed by atoms with Crippen molar-refractivity contribution >= 4 is 10.0 Å². The summed E-state index contributed by atoms with van der Waals surface area (Å²) in [7, 11) is -3.01. The first-order valence-electron chi connectivity index (χ1n) is 8.28. The van der Waals surface area contributed by atoms with E-state index in [0.29, 0.717) is 12.0 Å². The van der Waals surface area contributed by atoms with Crippen LogP contribution in [0, 0.1) is 5.92 Å². The molecule has 1 N–H and O–H groups in total. The van der Waals surface area contributed by atoms with Gasteiger partial charge in [0.05, 0.1) is 5.25 Å². The summed E-state index contributed by atoms with van der Waals surface area (Å²) in [6.45, 7) is 6.92. The molecule has 20 heavy (non-hydrogen) atoms. The zero-order valence-electron chi connectivity index (χ0n) is 13.0. The van der Waals surface area contributed by atoms with Crippen LogP contribution in [-0.4, -0.2) is 43.6 Å². The van der Waals surface area contributed by atoms with E-state index in [9.17, 15) is 8.42 Å². The van der Waals surface area contributed by atoms with Gasteiger partial charge < -0.3 is 5.32 Å². The third-order valence-electron chi connectivity index (χ3n) is 5.01. The fourth-order valence-corrected chi connectivity index (χ4v) is 5.64. The largest absolute Gasteiger partial charge is 0.314 e. The molecule has 1 aliphatic heterocycles. The van der Waals surface area contributed by atoms with Gasteiger partial charge in [-0.25, -0.2) is 12.7 Å². The van der Waals surface area contributed by atoms with Gasteiger partial charge in [-0.3, -0.25) is 0 Å². The van der Waals surface area contributed by atoms with Gasteiger partial charge in [-0.05, 0) is 51.5 Å². The van der Waals surface area contributed by atoms with E-state index < -0.39 is 10.0 Å². The molecule has 1 heterocycles. The van der Waals surface area contributed by atoms with Gasteiger partial charge in [-0.1, -0.05) is 19.8 Å². The molecule has 0 spiro atoms. The van der Waals surface area contributed by atoms with Crippen molar-refractivity contribution in [3.05, 3.63) is 0 Å². The maximum absolute atomic E-state index is 12.5. The van der Waals surface area contributed by atoms with Crippen LogP contribution >= 0.6 is 0 Å². The fourth-order valence-electron chi connectivity index (χ4n) is 3.57. The van der Waals surface area contributed by atoms with E-state index in [4.69, 9.17) is 0 Å². The molecule has 2 aliphatic rings. The number of hydrogen-bond acceptors (Lipinski definition) is 3. The smallest absolute Gasteiger partial charge is 0.216 e. The molecule has 1 saturated carbocycles. The lowest BCUT2D eigenvalue weighted by Crippen LogP contribution is -2.46. The fraction of sp³-hybridized carbons (Fsp3) is 1.00. The molecule has 0 aromatic carbocycles. The van der Waals surface area contributed by atoms with Crippen LogP contribution in [0.3, 0.4) is 0 Å². The van der Waals surface area contributed by atoms with Gasteiger partial charge in [0, 0.05) is 19.1 Å². The van der Waals surface area contributed by atoms with Crippen molar-refractivity contribution in [3.8, 4) is 0 Å². The van der Waals surface area contributed by atoms with Crippen LogP contribution in [-0.2, 0) is 10.0 Å². The summed E-state index contributed by atoms with van der Waals surface area (Å²) in [5.41, 5.74) is 0. The van der Waals surface area contributed by atoms with Gasteiger partial charge in [0.15, 0.2) is 0 Å². The van der Waals surface area contributed by atoms with Crippen LogP contribution in [0.25, 0.3) is 0 Å². The maximum atomic E-state index is 12.5. The molecule has 1 atom stereocenters. The molecule has 1 saturated heterocycles. The highest BCUT2D eigenvalue weighted by Gasteiger charge is 2.36. The summed E-state index contributed by atoms with van der Waals surface area (Å²) in [5, 5.41) is 3.45. The molecule has 1 unspecified atom stereocenters. The predicted octanol–water partition coefficient (Wildman–Crippen LogP) is 2.36. The van der Waals surface area contributed by atoms with E-state index in [1.807, 2.05) is 0 Å². The van der Waals surface area contributed by atoms with Crippen LogP contribution in [0.15, 0.2) is 0 Å². The molecule has 0 bridgehead atoms. The standard InChI is InChI=1S/C15H30N2O2S/c1-3-10-16-13(2)14-8-11-17(12-9-14)20(18,19)15-6-4-5-7-15/h13-16H,3-12H2,1-2H3. The molecule has 118 valence electrons. The van der Waals surface area contributed by atoms with Crippen LogP contribution in [0.4, 0.5) is 0 Å². The second-order valence-corrected chi connectivity index (χ2v) is 8.64. The Morgan fingerprint density at radius 1 is 1.15 bits per heavy atom. The van der Waals surface area contributed by atoms with Gasteiger partial charge in [0.25, 0.3) is 0 Å². The summed E-state index contributed by atoms with van der Waals surface area (Å²) in [6, 6.07) is 0.506. The lowest BCUT2D eigenvalue weighted by molar-refractivity contribution is 0.230. The quantitative estimate of drug-likeness (QED) is 0.819. The summed E-state index contributed by atoms with van der Waals surface area (Å²) >= 11 is 0. The summed E-state index contributed by atoms with van der Waals surface area (Å²) in [4.78, 5) is 0. The molecule has 2 rings (SSSR count). The van der Waals surface area contributed by atoms with Gasteiger partial charge in [0.1, 0.15) is 0 Å². The van der Waals surface area contributed by atoms with Crippen molar-refractivity contribution in [2.45, 2.75) is 70.1 Å². The molecular weight excluding hydrogens is 272 g/mol. The van der Waals surface area contributed by atoms with Crippen LogP contribution in [0.2, 0.25) is 0 Å². The minimum absolute atomic E-state index is 0.0883. The molecule has 2 fully saturated rings. The van der Waals surface area contributed by atoms with Crippen molar-refractivity contribution < 1.29 is 8.42 Å². The monoisotopic (exact) mass is 302 g/mol. The SMILES string of the molecule is CCCNC(C)C1CCN(S(=O)(=O)C2CCCC2)CC1. The second kappa shape index (κ2) is 7.23. The predicted molar refractivity (Wildman–Crippen MR) is 83.2 cm³/mol. The third kappa shape index (κ3) is 3.74.